The van der Waals surface area contributed by atoms with E-state index in [1.165, 1.54) is 37.1 Å². The fourth-order valence-electron chi connectivity index (χ4n) is 3.97. The maximum atomic E-state index is 12.5. The lowest BCUT2D eigenvalue weighted by atomic mass is 10.1. The molecule has 0 aliphatic carbocycles. The van der Waals surface area contributed by atoms with Crippen molar-refractivity contribution in [2.24, 2.45) is 0 Å². The Balaban J connectivity index is 1.28. The summed E-state index contributed by atoms with van der Waals surface area (Å²) in [5, 5.41) is 0. The number of aromatic nitrogens is 1. The van der Waals surface area contributed by atoms with Crippen LogP contribution in [-0.4, -0.2) is 26.5 Å². The highest BCUT2D eigenvalue weighted by Gasteiger charge is 2.17. The first-order valence-electron chi connectivity index (χ1n) is 11.0. The number of benzene rings is 2. The van der Waals surface area contributed by atoms with Crippen LogP contribution >= 0.6 is 22.6 Å². The summed E-state index contributed by atoms with van der Waals surface area (Å²) in [7, 11) is 0. The minimum Gasteiger partial charge on any atom is -0.489 e. The summed E-state index contributed by atoms with van der Waals surface area (Å²) < 4.78 is 8.28. The Hall–Kier alpha value is -2.12. The second kappa shape index (κ2) is 11.0. The molecule has 0 radical (unpaired) electrons. The molecule has 0 saturated carbocycles. The normalized spacial score (nSPS) is 16.9. The summed E-state index contributed by atoms with van der Waals surface area (Å²) >= 11 is 2.57. The van der Waals surface area contributed by atoms with E-state index < -0.39 is 0 Å². The van der Waals surface area contributed by atoms with Gasteiger partial charge in [-0.1, -0.05) is 77.2 Å². The Kier molecular flexibility index (Phi) is 7.81. The highest BCUT2D eigenvalue weighted by Crippen LogP contribution is 2.19. The van der Waals surface area contributed by atoms with Crippen LogP contribution < -0.4 is 10.3 Å². The number of alkyl halides is 1. The van der Waals surface area contributed by atoms with Crippen molar-refractivity contribution in [2.45, 2.75) is 42.9 Å². The van der Waals surface area contributed by atoms with E-state index in [1.54, 1.807) is 10.6 Å². The van der Waals surface area contributed by atoms with E-state index in [-0.39, 0.29) is 5.56 Å². The van der Waals surface area contributed by atoms with Gasteiger partial charge in [0.1, 0.15) is 12.4 Å². The summed E-state index contributed by atoms with van der Waals surface area (Å²) in [6.45, 7) is 4.56. The molecule has 31 heavy (non-hydrogen) atoms. The van der Waals surface area contributed by atoms with E-state index >= 15 is 0 Å². The molecule has 4 rings (SSSR count). The molecule has 0 N–H and O–H groups in total. The van der Waals surface area contributed by atoms with Gasteiger partial charge in [0.25, 0.3) is 5.56 Å². The number of aryl methyl sites for hydroxylation is 2. The molecule has 3 aromatic rings. The van der Waals surface area contributed by atoms with Gasteiger partial charge in [-0.3, -0.25) is 9.69 Å². The highest BCUT2D eigenvalue weighted by molar-refractivity contribution is 14.1. The monoisotopic (exact) mass is 528 g/mol. The van der Waals surface area contributed by atoms with Crippen molar-refractivity contribution >= 4 is 22.6 Å². The molecule has 0 bridgehead atoms. The lowest BCUT2D eigenvalue weighted by Gasteiger charge is -2.29. The lowest BCUT2D eigenvalue weighted by molar-refractivity contribution is 0.230. The molecule has 1 aromatic heterocycles. The zero-order valence-corrected chi connectivity index (χ0v) is 19.9. The van der Waals surface area contributed by atoms with Gasteiger partial charge in [-0.2, -0.15) is 0 Å². The van der Waals surface area contributed by atoms with E-state index in [0.29, 0.717) is 18.9 Å². The molecule has 1 aliphatic heterocycles. The van der Waals surface area contributed by atoms with Gasteiger partial charge in [0, 0.05) is 35.8 Å². The van der Waals surface area contributed by atoms with Crippen LogP contribution in [0.15, 0.2) is 77.7 Å². The summed E-state index contributed by atoms with van der Waals surface area (Å²) in [5.41, 5.74) is 3.68. The van der Waals surface area contributed by atoms with Gasteiger partial charge in [-0.05, 0) is 48.6 Å². The van der Waals surface area contributed by atoms with Crippen LogP contribution in [0.4, 0.5) is 0 Å². The predicted molar refractivity (Wildman–Crippen MR) is 134 cm³/mol. The van der Waals surface area contributed by atoms with Crippen LogP contribution in [0.25, 0.3) is 0 Å². The summed E-state index contributed by atoms with van der Waals surface area (Å²) in [4.78, 5) is 15.0. The van der Waals surface area contributed by atoms with Crippen molar-refractivity contribution in [1.82, 2.24) is 9.47 Å². The van der Waals surface area contributed by atoms with Gasteiger partial charge in [0.05, 0.1) is 0 Å². The molecule has 162 valence electrons. The Morgan fingerprint density at radius 2 is 1.74 bits per heavy atom. The second-order valence-corrected chi connectivity index (χ2v) is 9.97. The van der Waals surface area contributed by atoms with Crippen molar-refractivity contribution in [3.05, 3.63) is 100.0 Å². The van der Waals surface area contributed by atoms with Crippen molar-refractivity contribution in [1.29, 1.82) is 0 Å². The molecule has 0 amide bonds. The Labute approximate surface area is 198 Å². The van der Waals surface area contributed by atoms with E-state index in [1.807, 2.05) is 42.6 Å². The SMILES string of the molecule is O=c1cc(OCc2ccccc2)ccn1CCc1ccc(CN2CCCC(I)C2)cc1. The molecule has 2 aromatic carbocycles. The molecule has 1 saturated heterocycles. The van der Waals surface area contributed by atoms with Gasteiger partial charge in [0.15, 0.2) is 0 Å². The summed E-state index contributed by atoms with van der Waals surface area (Å²) in [5.74, 6) is 0.612. The van der Waals surface area contributed by atoms with Gasteiger partial charge in [-0.15, -0.1) is 0 Å². The zero-order valence-electron chi connectivity index (χ0n) is 17.8. The number of likely N-dealkylation sites (tertiary alicyclic amines) is 1. The van der Waals surface area contributed by atoms with Crippen LogP contribution in [0.3, 0.4) is 0 Å². The van der Waals surface area contributed by atoms with Crippen LogP contribution in [0.2, 0.25) is 0 Å². The molecule has 1 unspecified atom stereocenters. The third-order valence-corrected chi connectivity index (χ3v) is 6.75. The molecule has 5 heteroatoms. The highest BCUT2D eigenvalue weighted by atomic mass is 127. The quantitative estimate of drug-likeness (QED) is 0.303. The number of pyridine rings is 1. The van der Waals surface area contributed by atoms with Crippen LogP contribution in [0, 0.1) is 0 Å². The first kappa shape index (κ1) is 22.1. The molecule has 1 atom stereocenters. The smallest absolute Gasteiger partial charge is 0.254 e. The summed E-state index contributed by atoms with van der Waals surface area (Å²) in [6, 6.07) is 22.3. The van der Waals surface area contributed by atoms with Gasteiger partial charge in [-0.25, -0.2) is 0 Å². The average Bonchev–Trinajstić information content (AvgIpc) is 2.79. The number of piperidine rings is 1. The van der Waals surface area contributed by atoms with E-state index in [9.17, 15) is 4.79 Å². The van der Waals surface area contributed by atoms with Crippen molar-refractivity contribution in [3.63, 3.8) is 0 Å². The molecular weight excluding hydrogens is 499 g/mol. The van der Waals surface area contributed by atoms with Gasteiger partial charge >= 0.3 is 0 Å². The number of rotatable bonds is 8. The topological polar surface area (TPSA) is 34.5 Å². The largest absolute Gasteiger partial charge is 0.489 e. The number of ether oxygens (including phenoxy) is 1. The maximum absolute atomic E-state index is 12.5. The van der Waals surface area contributed by atoms with Crippen LogP contribution in [0.1, 0.15) is 29.5 Å². The molecule has 1 aliphatic rings. The Morgan fingerprint density at radius 1 is 0.968 bits per heavy atom. The Bertz CT molecular complexity index is 1020. The van der Waals surface area contributed by atoms with Gasteiger partial charge < -0.3 is 9.30 Å². The van der Waals surface area contributed by atoms with Crippen molar-refractivity contribution in [3.8, 4) is 5.75 Å². The summed E-state index contributed by atoms with van der Waals surface area (Å²) in [6.07, 6.45) is 5.31. The fraction of sp³-hybridized carbons (Fsp3) is 0.346. The minimum absolute atomic E-state index is 0.0272. The van der Waals surface area contributed by atoms with Gasteiger partial charge in [0.2, 0.25) is 0 Å². The van der Waals surface area contributed by atoms with Crippen LogP contribution in [0.5, 0.6) is 5.75 Å². The fourth-order valence-corrected chi connectivity index (χ4v) is 4.96. The molecule has 2 heterocycles. The molecule has 4 nitrogen and oxygen atoms in total. The number of hydrogen-bond acceptors (Lipinski definition) is 3. The standard InChI is InChI=1S/C26H29IN2O2/c27-24-7-4-14-28(19-24)18-22-10-8-21(9-11-22)12-15-29-16-13-25(17-26(29)30)31-20-23-5-2-1-3-6-23/h1-3,5-6,8-11,13,16-17,24H,4,7,12,14-15,18-20H2. The van der Waals surface area contributed by atoms with Crippen LogP contribution in [-0.2, 0) is 26.1 Å². The van der Waals surface area contributed by atoms with Crippen molar-refractivity contribution in [2.75, 3.05) is 13.1 Å². The Morgan fingerprint density at radius 3 is 2.48 bits per heavy atom. The van der Waals surface area contributed by atoms with E-state index in [2.05, 4.69) is 51.8 Å². The van der Waals surface area contributed by atoms with E-state index in [4.69, 9.17) is 4.74 Å². The number of nitrogens with zero attached hydrogens (tertiary/aromatic N) is 2. The van der Waals surface area contributed by atoms with Crippen molar-refractivity contribution < 1.29 is 4.74 Å². The average molecular weight is 528 g/mol. The lowest BCUT2D eigenvalue weighted by Crippen LogP contribution is -2.35. The number of hydrogen-bond donors (Lipinski definition) is 0. The molecule has 0 spiro atoms. The maximum Gasteiger partial charge on any atom is 0.254 e. The third-order valence-electron chi connectivity index (χ3n) is 5.73. The zero-order chi connectivity index (χ0) is 21.5. The first-order valence-corrected chi connectivity index (χ1v) is 12.2. The number of halogens is 1. The molecular formula is C26H29IN2O2. The van der Waals surface area contributed by atoms with E-state index in [0.717, 1.165) is 22.5 Å². The predicted octanol–water partition coefficient (Wildman–Crippen LogP) is 5.07. The minimum atomic E-state index is -0.0272. The third kappa shape index (κ3) is 6.68. The second-order valence-electron chi connectivity index (χ2n) is 8.21. The molecule has 1 fully saturated rings. The first-order chi connectivity index (χ1) is 15.2.